The van der Waals surface area contributed by atoms with Crippen LogP contribution >= 0.6 is 0 Å². The molecule has 3 saturated heterocycles. The van der Waals surface area contributed by atoms with Gasteiger partial charge in [-0.3, -0.25) is 14.4 Å². The van der Waals surface area contributed by atoms with Gasteiger partial charge in [0.2, 0.25) is 17.7 Å². The summed E-state index contributed by atoms with van der Waals surface area (Å²) in [6, 6.07) is 13.2. The minimum Gasteiger partial charge on any atom is -0.394 e. The molecule has 184 valence electrons. The molecule has 2 bridgehead atoms. The van der Waals surface area contributed by atoms with Gasteiger partial charge in [-0.05, 0) is 49.4 Å². The normalized spacial score (nSPS) is 29.7. The fourth-order valence-corrected chi connectivity index (χ4v) is 6.29. The molecule has 2 aromatic rings. The van der Waals surface area contributed by atoms with E-state index in [0.717, 1.165) is 16.7 Å². The Labute approximate surface area is 204 Å². The number of carbonyl (C=O) groups is 3. The number of aliphatic hydroxyl groups is 1. The molecule has 8 heteroatoms. The summed E-state index contributed by atoms with van der Waals surface area (Å²) in [6.07, 6.45) is 0.680. The van der Waals surface area contributed by atoms with Crippen LogP contribution in [0.4, 0.5) is 5.69 Å². The molecule has 3 amide bonds. The molecule has 3 N–H and O–H groups in total. The number of rotatable bonds is 6. The maximum Gasteiger partial charge on any atom is 0.250 e. The largest absolute Gasteiger partial charge is 0.394 e. The van der Waals surface area contributed by atoms with Crippen LogP contribution in [-0.4, -0.2) is 59.1 Å². The standard InChI is InChI=1S/C27H31N3O5/c1-15-9-10-16(2)18(13-15)29-25(33)23-27-12-11-20(35-27)21(24(32)28-3)22(27)26(34)30(23)19(14-31)17-7-5-4-6-8-17/h4-10,13,19-23,31H,11-12,14H2,1-3H3,(H,28,32)(H,29,33)/t19-,20+,21-,22+,23?,27?/m1/s1. The highest BCUT2D eigenvalue weighted by Crippen LogP contribution is 2.59. The summed E-state index contributed by atoms with van der Waals surface area (Å²) in [5.41, 5.74) is 2.16. The Morgan fingerprint density at radius 2 is 1.91 bits per heavy atom. The number of amides is 3. The van der Waals surface area contributed by atoms with Crippen LogP contribution in [0.1, 0.15) is 35.6 Å². The molecular weight excluding hydrogens is 446 g/mol. The van der Waals surface area contributed by atoms with Gasteiger partial charge in [-0.2, -0.15) is 0 Å². The second-order valence-electron chi connectivity index (χ2n) is 9.83. The maximum absolute atomic E-state index is 14.0. The fraction of sp³-hybridized carbons (Fsp3) is 0.444. The van der Waals surface area contributed by atoms with E-state index in [2.05, 4.69) is 10.6 Å². The van der Waals surface area contributed by atoms with Crippen molar-refractivity contribution in [2.24, 2.45) is 11.8 Å². The first-order valence-corrected chi connectivity index (χ1v) is 12.1. The lowest BCUT2D eigenvalue weighted by Gasteiger charge is -2.37. The van der Waals surface area contributed by atoms with Crippen molar-refractivity contribution in [2.75, 3.05) is 19.0 Å². The average Bonchev–Trinajstić information content (AvgIpc) is 3.50. The summed E-state index contributed by atoms with van der Waals surface area (Å²) in [6.45, 7) is 3.50. The highest BCUT2D eigenvalue weighted by molar-refractivity contribution is 6.04. The van der Waals surface area contributed by atoms with Crippen LogP contribution in [-0.2, 0) is 19.1 Å². The average molecular weight is 478 g/mol. The van der Waals surface area contributed by atoms with E-state index in [0.29, 0.717) is 18.5 Å². The lowest BCUT2D eigenvalue weighted by Crippen LogP contribution is -2.54. The topological polar surface area (TPSA) is 108 Å². The summed E-state index contributed by atoms with van der Waals surface area (Å²) in [4.78, 5) is 42.3. The second-order valence-corrected chi connectivity index (χ2v) is 9.83. The number of nitrogens with one attached hydrogen (secondary N) is 2. The Hall–Kier alpha value is -3.23. The van der Waals surface area contributed by atoms with Gasteiger partial charge in [0.25, 0.3) is 0 Å². The van der Waals surface area contributed by atoms with Crippen LogP contribution in [0.3, 0.4) is 0 Å². The number of likely N-dealkylation sites (tertiary alicyclic amines) is 1. The monoisotopic (exact) mass is 477 g/mol. The number of anilines is 1. The molecule has 3 fully saturated rings. The number of hydrogen-bond donors (Lipinski definition) is 3. The molecule has 3 aliphatic rings. The first kappa shape index (κ1) is 23.5. The lowest BCUT2D eigenvalue weighted by molar-refractivity contribution is -0.144. The molecule has 2 unspecified atom stereocenters. The minimum atomic E-state index is -1.12. The summed E-state index contributed by atoms with van der Waals surface area (Å²) in [7, 11) is 1.55. The number of aliphatic hydroxyl groups excluding tert-OH is 1. The summed E-state index contributed by atoms with van der Waals surface area (Å²) >= 11 is 0. The van der Waals surface area contributed by atoms with E-state index in [-0.39, 0.29) is 24.3 Å². The SMILES string of the molecule is CNC(=O)[C@@H]1[C@@H]2CCC3(O2)C(C(=O)Nc2cc(C)ccc2C)N([C@H](CO)c2ccccc2)C(=O)[C@H]13. The highest BCUT2D eigenvalue weighted by Gasteiger charge is 2.75. The number of fused-ring (bicyclic) bond motifs is 1. The molecule has 8 nitrogen and oxygen atoms in total. The molecule has 3 aliphatic heterocycles. The quantitative estimate of drug-likeness (QED) is 0.591. The summed E-state index contributed by atoms with van der Waals surface area (Å²) in [5, 5.41) is 16.1. The lowest BCUT2D eigenvalue weighted by atomic mass is 9.70. The first-order valence-electron chi connectivity index (χ1n) is 12.1. The molecule has 1 spiro atoms. The Balaban J connectivity index is 1.60. The van der Waals surface area contributed by atoms with Crippen LogP contribution in [0.5, 0.6) is 0 Å². The molecule has 0 saturated carbocycles. The molecular formula is C27H31N3O5. The zero-order valence-electron chi connectivity index (χ0n) is 20.2. The van der Waals surface area contributed by atoms with Crippen molar-refractivity contribution in [1.29, 1.82) is 0 Å². The number of ether oxygens (including phenoxy) is 1. The zero-order chi connectivity index (χ0) is 24.9. The smallest absolute Gasteiger partial charge is 0.250 e. The second kappa shape index (κ2) is 8.77. The van der Waals surface area contributed by atoms with Crippen LogP contribution in [0.25, 0.3) is 0 Å². The van der Waals surface area contributed by atoms with Crippen molar-refractivity contribution in [3.63, 3.8) is 0 Å². The fourth-order valence-electron chi connectivity index (χ4n) is 6.29. The summed E-state index contributed by atoms with van der Waals surface area (Å²) in [5.74, 6) is -2.41. The van der Waals surface area contributed by atoms with Crippen molar-refractivity contribution in [3.8, 4) is 0 Å². The molecule has 6 atom stereocenters. The van der Waals surface area contributed by atoms with Gasteiger partial charge in [0.15, 0.2) is 0 Å². The van der Waals surface area contributed by atoms with E-state index in [4.69, 9.17) is 4.74 Å². The Bertz CT molecular complexity index is 1170. The van der Waals surface area contributed by atoms with Crippen LogP contribution in [0.2, 0.25) is 0 Å². The van der Waals surface area contributed by atoms with Crippen molar-refractivity contribution < 1.29 is 24.2 Å². The van der Waals surface area contributed by atoms with Crippen molar-refractivity contribution in [3.05, 3.63) is 65.2 Å². The molecule has 0 radical (unpaired) electrons. The molecule has 5 rings (SSSR count). The van der Waals surface area contributed by atoms with Crippen molar-refractivity contribution in [1.82, 2.24) is 10.2 Å². The zero-order valence-corrected chi connectivity index (χ0v) is 20.2. The molecule has 35 heavy (non-hydrogen) atoms. The number of aryl methyl sites for hydroxylation is 2. The van der Waals surface area contributed by atoms with Crippen LogP contribution < -0.4 is 10.6 Å². The van der Waals surface area contributed by atoms with Gasteiger partial charge in [0.1, 0.15) is 11.6 Å². The third kappa shape index (κ3) is 3.54. The molecule has 3 heterocycles. The Morgan fingerprint density at radius 1 is 1.17 bits per heavy atom. The van der Waals surface area contributed by atoms with Gasteiger partial charge in [0.05, 0.1) is 30.6 Å². The van der Waals surface area contributed by atoms with E-state index < -0.39 is 35.6 Å². The highest BCUT2D eigenvalue weighted by atomic mass is 16.5. The first-order chi connectivity index (χ1) is 16.8. The number of carbonyl (C=O) groups excluding carboxylic acids is 3. The van der Waals surface area contributed by atoms with Crippen molar-refractivity contribution in [2.45, 2.75) is 50.5 Å². The van der Waals surface area contributed by atoms with Gasteiger partial charge in [-0.25, -0.2) is 0 Å². The number of benzene rings is 2. The predicted octanol–water partition coefficient (Wildman–Crippen LogP) is 2.10. The van der Waals surface area contributed by atoms with E-state index in [1.165, 1.54) is 4.90 Å². The van der Waals surface area contributed by atoms with E-state index in [9.17, 15) is 19.5 Å². The summed E-state index contributed by atoms with van der Waals surface area (Å²) < 4.78 is 6.41. The van der Waals surface area contributed by atoms with Gasteiger partial charge >= 0.3 is 0 Å². The third-order valence-corrected chi connectivity index (χ3v) is 7.88. The number of hydrogen-bond acceptors (Lipinski definition) is 5. The van der Waals surface area contributed by atoms with Gasteiger partial charge in [0, 0.05) is 12.7 Å². The van der Waals surface area contributed by atoms with Gasteiger partial charge in [-0.1, -0.05) is 42.5 Å². The van der Waals surface area contributed by atoms with E-state index >= 15 is 0 Å². The Morgan fingerprint density at radius 3 is 2.60 bits per heavy atom. The minimum absolute atomic E-state index is 0.259. The van der Waals surface area contributed by atoms with Crippen LogP contribution in [0, 0.1) is 25.7 Å². The van der Waals surface area contributed by atoms with Crippen LogP contribution in [0.15, 0.2) is 48.5 Å². The molecule has 0 aromatic heterocycles. The van der Waals surface area contributed by atoms with Gasteiger partial charge in [-0.15, -0.1) is 0 Å². The predicted molar refractivity (Wildman–Crippen MR) is 129 cm³/mol. The maximum atomic E-state index is 14.0. The van der Waals surface area contributed by atoms with E-state index in [1.807, 2.05) is 62.4 Å². The molecule has 0 aliphatic carbocycles. The number of nitrogens with zero attached hydrogens (tertiary/aromatic N) is 1. The van der Waals surface area contributed by atoms with Gasteiger partial charge < -0.3 is 25.4 Å². The molecule has 2 aromatic carbocycles. The third-order valence-electron chi connectivity index (χ3n) is 7.88. The van der Waals surface area contributed by atoms with Crippen molar-refractivity contribution >= 4 is 23.4 Å². The van der Waals surface area contributed by atoms with E-state index in [1.54, 1.807) is 7.05 Å². The Kier molecular flexibility index (Phi) is 5.89.